The average Bonchev–Trinajstić information content (AvgIpc) is 3.02. The lowest BCUT2D eigenvalue weighted by Gasteiger charge is -2.32. The minimum Gasteiger partial charge on any atom is -0.387 e. The van der Waals surface area contributed by atoms with Gasteiger partial charge in [0.05, 0.1) is 22.7 Å². The molecule has 2 heterocycles. The fourth-order valence-corrected chi connectivity index (χ4v) is 3.41. The molecule has 4 rings (SSSR count). The van der Waals surface area contributed by atoms with Crippen molar-refractivity contribution in [2.24, 2.45) is 10.7 Å². The Balaban J connectivity index is 0.000000252. The first-order valence-corrected chi connectivity index (χ1v) is 10.0. The first-order valence-electron chi connectivity index (χ1n) is 9.61. The van der Waals surface area contributed by atoms with E-state index in [1.54, 1.807) is 0 Å². The average molecular weight is 469 g/mol. The van der Waals surface area contributed by atoms with Crippen molar-refractivity contribution in [3.05, 3.63) is 71.9 Å². The fourth-order valence-electron chi connectivity index (χ4n) is 3.27. The van der Waals surface area contributed by atoms with E-state index in [9.17, 15) is 18.0 Å². The summed E-state index contributed by atoms with van der Waals surface area (Å²) in [6.45, 7) is 2.99. The van der Waals surface area contributed by atoms with E-state index in [-0.39, 0.29) is 16.5 Å². The van der Waals surface area contributed by atoms with Gasteiger partial charge in [-0.15, -0.1) is 0 Å². The van der Waals surface area contributed by atoms with Gasteiger partial charge in [0.15, 0.2) is 5.84 Å². The number of nitriles is 1. The Morgan fingerprint density at radius 1 is 1.15 bits per heavy atom. The monoisotopic (exact) mass is 469 g/mol. The second-order valence-electron chi connectivity index (χ2n) is 7.53. The van der Waals surface area contributed by atoms with Gasteiger partial charge >= 0.3 is 6.18 Å². The lowest BCUT2D eigenvalue weighted by atomic mass is 10.0. The highest BCUT2D eigenvalue weighted by Gasteiger charge is 2.45. The molecular weight excluding hydrogens is 451 g/mol. The first-order chi connectivity index (χ1) is 15.5. The molecule has 1 aliphatic rings. The van der Waals surface area contributed by atoms with Crippen molar-refractivity contribution in [2.75, 3.05) is 4.90 Å². The van der Waals surface area contributed by atoms with Crippen molar-refractivity contribution in [3.63, 3.8) is 0 Å². The summed E-state index contributed by atoms with van der Waals surface area (Å²) < 4.78 is 39.3. The van der Waals surface area contributed by atoms with Crippen LogP contribution in [0.4, 0.5) is 18.9 Å². The van der Waals surface area contributed by atoms with Gasteiger partial charge in [-0.1, -0.05) is 36.5 Å². The molecule has 33 heavy (non-hydrogen) atoms. The summed E-state index contributed by atoms with van der Waals surface area (Å²) in [6, 6.07) is 16.7. The number of anilines is 1. The standard InChI is InChI=1S/C14H11F3N4OS.C9H7N/c1-13(2)12(22)20-11(10(19)23)21(13)8-4-3-7(6-18)9(5-8)14(15,16)17;1-2-6-9-8(4-1)5-3-7-10-9/h3-5H,1-2H3,(H2,19,23);1-7H. The van der Waals surface area contributed by atoms with Crippen LogP contribution in [0.5, 0.6) is 0 Å². The maximum absolute atomic E-state index is 13.1. The van der Waals surface area contributed by atoms with Crippen molar-refractivity contribution in [2.45, 2.75) is 25.6 Å². The molecule has 2 N–H and O–H groups in total. The number of aliphatic imine (C=N–C) groups is 1. The minimum absolute atomic E-state index is 0.0266. The van der Waals surface area contributed by atoms with Crippen LogP contribution < -0.4 is 10.6 Å². The highest BCUT2D eigenvalue weighted by molar-refractivity contribution is 7.82. The SMILES string of the molecule is CC1(C)C(=O)N=C(C(N)=S)N1c1ccc(C#N)c(C(F)(F)F)c1.c1ccc2ncccc2c1. The number of aromatic nitrogens is 1. The second-order valence-corrected chi connectivity index (χ2v) is 7.97. The quantitative estimate of drug-likeness (QED) is 0.550. The molecule has 0 saturated heterocycles. The third-order valence-corrected chi connectivity index (χ3v) is 5.10. The molecule has 0 unspecified atom stereocenters. The number of amides is 1. The summed E-state index contributed by atoms with van der Waals surface area (Å²) in [5.41, 5.74) is 3.75. The summed E-state index contributed by atoms with van der Waals surface area (Å²) in [5.74, 6) is -0.647. The van der Waals surface area contributed by atoms with Gasteiger partial charge in [0.25, 0.3) is 5.91 Å². The summed E-state index contributed by atoms with van der Waals surface area (Å²) in [4.78, 5) is 20.9. The van der Waals surface area contributed by atoms with Gasteiger partial charge in [-0.2, -0.15) is 23.4 Å². The zero-order chi connectivity index (χ0) is 24.4. The molecule has 6 nitrogen and oxygen atoms in total. The van der Waals surface area contributed by atoms with E-state index in [0.29, 0.717) is 0 Å². The Bertz CT molecular complexity index is 1250. The number of nitrogens with zero attached hydrogens (tertiary/aromatic N) is 4. The van der Waals surface area contributed by atoms with E-state index in [1.165, 1.54) is 36.3 Å². The Hall–Kier alpha value is -3.84. The van der Waals surface area contributed by atoms with Crippen LogP contribution >= 0.6 is 12.2 Å². The van der Waals surface area contributed by atoms with Crippen LogP contribution in [0, 0.1) is 11.3 Å². The van der Waals surface area contributed by atoms with E-state index < -0.39 is 28.7 Å². The van der Waals surface area contributed by atoms with Crippen LogP contribution in [0.15, 0.2) is 65.8 Å². The van der Waals surface area contributed by atoms with E-state index in [2.05, 4.69) is 22.1 Å². The number of amidine groups is 1. The zero-order valence-corrected chi connectivity index (χ0v) is 18.4. The van der Waals surface area contributed by atoms with Gasteiger partial charge in [0, 0.05) is 17.3 Å². The second kappa shape index (κ2) is 8.96. The Kier molecular flexibility index (Phi) is 6.46. The van der Waals surface area contributed by atoms with Crippen LogP contribution in [0.25, 0.3) is 10.9 Å². The molecule has 1 amide bonds. The van der Waals surface area contributed by atoms with Gasteiger partial charge < -0.3 is 10.6 Å². The molecule has 3 aromatic rings. The largest absolute Gasteiger partial charge is 0.417 e. The van der Waals surface area contributed by atoms with Crippen molar-refractivity contribution >= 4 is 45.5 Å². The molecule has 0 saturated carbocycles. The van der Waals surface area contributed by atoms with Crippen molar-refractivity contribution in [3.8, 4) is 6.07 Å². The number of alkyl halides is 3. The van der Waals surface area contributed by atoms with Gasteiger partial charge in [-0.3, -0.25) is 9.78 Å². The molecule has 0 spiro atoms. The number of rotatable bonds is 2. The lowest BCUT2D eigenvalue weighted by molar-refractivity contribution is -0.137. The molecule has 0 fully saturated rings. The third-order valence-electron chi connectivity index (χ3n) is 4.92. The number of thiocarbonyl (C=S) groups is 1. The summed E-state index contributed by atoms with van der Waals surface area (Å²) in [5, 5.41) is 10.0. The smallest absolute Gasteiger partial charge is 0.387 e. The van der Waals surface area contributed by atoms with E-state index in [1.807, 2.05) is 30.5 Å². The number of hydrogen-bond acceptors (Lipinski definition) is 5. The fraction of sp³-hybridized carbons (Fsp3) is 0.174. The highest BCUT2D eigenvalue weighted by Crippen LogP contribution is 2.37. The topological polar surface area (TPSA) is 95.4 Å². The number of carbonyl (C=O) groups excluding carboxylic acids is 1. The lowest BCUT2D eigenvalue weighted by Crippen LogP contribution is -2.50. The summed E-state index contributed by atoms with van der Waals surface area (Å²) in [7, 11) is 0. The van der Waals surface area contributed by atoms with E-state index in [0.717, 1.165) is 17.6 Å². The van der Waals surface area contributed by atoms with Crippen LogP contribution in [0.2, 0.25) is 0 Å². The molecule has 1 aliphatic heterocycles. The molecule has 2 aromatic carbocycles. The van der Waals surface area contributed by atoms with Crippen molar-refractivity contribution in [1.29, 1.82) is 5.26 Å². The number of pyridine rings is 1. The first kappa shape index (κ1) is 23.8. The summed E-state index contributed by atoms with van der Waals surface area (Å²) in [6.07, 6.45) is -2.90. The van der Waals surface area contributed by atoms with Gasteiger partial charge in [0.1, 0.15) is 10.5 Å². The zero-order valence-electron chi connectivity index (χ0n) is 17.6. The van der Waals surface area contributed by atoms with Gasteiger partial charge in [0.2, 0.25) is 0 Å². The predicted octanol–water partition coefficient (Wildman–Crippen LogP) is 4.62. The molecule has 0 bridgehead atoms. The van der Waals surface area contributed by atoms with Gasteiger partial charge in [-0.05, 0) is 44.2 Å². The number of hydrogen-bond donors (Lipinski definition) is 1. The summed E-state index contributed by atoms with van der Waals surface area (Å²) >= 11 is 4.82. The molecule has 10 heteroatoms. The Morgan fingerprint density at radius 2 is 1.82 bits per heavy atom. The number of carbonyl (C=O) groups is 1. The molecule has 0 atom stereocenters. The Morgan fingerprint density at radius 3 is 2.42 bits per heavy atom. The highest BCUT2D eigenvalue weighted by atomic mass is 32.1. The predicted molar refractivity (Wildman–Crippen MR) is 124 cm³/mol. The number of fused-ring (bicyclic) bond motifs is 1. The van der Waals surface area contributed by atoms with Crippen molar-refractivity contribution < 1.29 is 18.0 Å². The maximum Gasteiger partial charge on any atom is 0.417 e. The van der Waals surface area contributed by atoms with E-state index >= 15 is 0 Å². The van der Waals surface area contributed by atoms with Crippen LogP contribution in [-0.2, 0) is 11.0 Å². The maximum atomic E-state index is 13.1. The number of para-hydroxylation sites is 1. The molecule has 0 aliphatic carbocycles. The minimum atomic E-state index is -4.71. The molecule has 1 aromatic heterocycles. The molecule has 168 valence electrons. The molecular formula is C23H18F3N5OS. The number of nitrogens with two attached hydrogens (primary N) is 1. The third kappa shape index (κ3) is 4.83. The Labute approximate surface area is 193 Å². The molecule has 0 radical (unpaired) electrons. The van der Waals surface area contributed by atoms with Crippen LogP contribution in [0.3, 0.4) is 0 Å². The van der Waals surface area contributed by atoms with E-state index in [4.69, 9.17) is 23.2 Å². The number of benzene rings is 2. The van der Waals surface area contributed by atoms with Crippen molar-refractivity contribution in [1.82, 2.24) is 4.98 Å². The van der Waals surface area contributed by atoms with Crippen LogP contribution in [0.1, 0.15) is 25.0 Å². The normalized spacial score (nSPS) is 14.8. The number of halogens is 3. The van der Waals surface area contributed by atoms with Crippen LogP contribution in [-0.4, -0.2) is 27.3 Å². The van der Waals surface area contributed by atoms with Gasteiger partial charge in [-0.25, -0.2) is 0 Å².